The molecule has 0 spiro atoms. The Kier molecular flexibility index (Phi) is 4.16. The topological polar surface area (TPSA) is 55.6 Å². The molecule has 1 aliphatic heterocycles. The van der Waals surface area contributed by atoms with Crippen LogP contribution in [0.2, 0.25) is 0 Å². The van der Waals surface area contributed by atoms with Crippen LogP contribution in [0.25, 0.3) is 21.8 Å². The first-order chi connectivity index (χ1) is 12.7. The molecule has 0 amide bonds. The molecule has 5 rings (SSSR count). The minimum atomic E-state index is 0.306. The van der Waals surface area contributed by atoms with Gasteiger partial charge >= 0.3 is 0 Å². The minimum absolute atomic E-state index is 0.306. The van der Waals surface area contributed by atoms with Crippen molar-refractivity contribution in [3.05, 3.63) is 68.9 Å². The van der Waals surface area contributed by atoms with Gasteiger partial charge in [0.15, 0.2) is 0 Å². The number of halogens is 2. The number of benzene rings is 2. The molecule has 3 heterocycles. The number of hydrogen-bond acceptors (Lipinski definition) is 2. The number of hydrogen-bond donors (Lipinski definition) is 4. The molecular weight excluding hydrogens is 456 g/mol. The molecule has 0 aliphatic carbocycles. The summed E-state index contributed by atoms with van der Waals surface area (Å²) in [6, 6.07) is 13.4. The third-order valence-corrected chi connectivity index (χ3v) is 6.23. The number of nitrogens with one attached hydrogen (secondary N) is 4. The van der Waals surface area contributed by atoms with Crippen LogP contribution in [0.5, 0.6) is 0 Å². The molecular formula is C20H18Br2N4. The van der Waals surface area contributed by atoms with Crippen LogP contribution in [0.4, 0.5) is 0 Å². The maximum Gasteiger partial charge on any atom is 0.0468 e. The van der Waals surface area contributed by atoms with Gasteiger partial charge in [0.05, 0.1) is 0 Å². The van der Waals surface area contributed by atoms with Gasteiger partial charge in [-0.15, -0.1) is 0 Å². The van der Waals surface area contributed by atoms with Crippen LogP contribution in [0.3, 0.4) is 0 Å². The van der Waals surface area contributed by atoms with Crippen LogP contribution >= 0.6 is 31.9 Å². The van der Waals surface area contributed by atoms with Crippen LogP contribution in [-0.2, 0) is 0 Å². The number of aromatic amines is 2. The maximum absolute atomic E-state index is 3.73. The summed E-state index contributed by atoms with van der Waals surface area (Å²) in [5.74, 6) is 0. The summed E-state index contributed by atoms with van der Waals surface area (Å²) < 4.78 is 2.19. The quantitative estimate of drug-likeness (QED) is 0.325. The standard InChI is InChI=1S/C20H18Br2N4/c21-11-1-3-13-15(7-23-17(13)5-11)19-9-26-20(10-25-19)16-8-24-18-6-12(22)2-4-14(16)18/h1-8,19-20,23-26H,9-10H2/t19-,20?/m0/s1. The molecule has 4 nitrogen and oxygen atoms in total. The van der Waals surface area contributed by atoms with E-state index in [-0.39, 0.29) is 0 Å². The third kappa shape index (κ3) is 2.81. The SMILES string of the molecule is Brc1ccc2c(C3CN[C@H](c4c[nH]c5cc(Br)ccc45)CN3)c[nH]c2c1. The van der Waals surface area contributed by atoms with Gasteiger partial charge < -0.3 is 20.6 Å². The minimum Gasteiger partial charge on any atom is -0.361 e. The van der Waals surface area contributed by atoms with Crippen molar-refractivity contribution in [1.82, 2.24) is 20.6 Å². The van der Waals surface area contributed by atoms with E-state index in [1.807, 2.05) is 0 Å². The average Bonchev–Trinajstić information content (AvgIpc) is 3.25. The molecule has 26 heavy (non-hydrogen) atoms. The lowest BCUT2D eigenvalue weighted by Gasteiger charge is -2.31. The predicted molar refractivity (Wildman–Crippen MR) is 113 cm³/mol. The normalized spacial score (nSPS) is 20.8. The first-order valence-corrected chi connectivity index (χ1v) is 10.3. The van der Waals surface area contributed by atoms with E-state index >= 15 is 0 Å². The zero-order valence-electron chi connectivity index (χ0n) is 13.9. The van der Waals surface area contributed by atoms with E-state index in [0.29, 0.717) is 12.1 Å². The highest BCUT2D eigenvalue weighted by Crippen LogP contribution is 2.31. The van der Waals surface area contributed by atoms with Crippen molar-refractivity contribution in [1.29, 1.82) is 0 Å². The number of fused-ring (bicyclic) bond motifs is 2. The molecule has 2 aromatic carbocycles. The number of H-pyrrole nitrogens is 2. The Balaban J connectivity index is 1.38. The van der Waals surface area contributed by atoms with Gasteiger partial charge in [0.25, 0.3) is 0 Å². The highest BCUT2D eigenvalue weighted by molar-refractivity contribution is 9.10. The summed E-state index contributed by atoms with van der Waals surface area (Å²) in [5.41, 5.74) is 4.98. The van der Waals surface area contributed by atoms with Gasteiger partial charge in [-0.3, -0.25) is 0 Å². The van der Waals surface area contributed by atoms with Crippen LogP contribution in [-0.4, -0.2) is 23.1 Å². The summed E-state index contributed by atoms with van der Waals surface area (Å²) in [4.78, 5) is 6.77. The lowest BCUT2D eigenvalue weighted by atomic mass is 9.99. The van der Waals surface area contributed by atoms with Crippen molar-refractivity contribution >= 4 is 53.7 Å². The summed E-state index contributed by atoms with van der Waals surface area (Å²) in [7, 11) is 0. The molecule has 4 N–H and O–H groups in total. The Bertz CT molecular complexity index is 1000. The van der Waals surface area contributed by atoms with E-state index < -0.39 is 0 Å². The van der Waals surface area contributed by atoms with E-state index in [1.54, 1.807) is 0 Å². The van der Waals surface area contributed by atoms with Crippen LogP contribution in [0.15, 0.2) is 57.7 Å². The fraction of sp³-hybridized carbons (Fsp3) is 0.200. The Morgan fingerprint density at radius 3 is 1.58 bits per heavy atom. The average molecular weight is 474 g/mol. The molecule has 1 fully saturated rings. The number of piperazine rings is 1. The van der Waals surface area contributed by atoms with Gasteiger partial charge in [-0.05, 0) is 35.4 Å². The van der Waals surface area contributed by atoms with Gasteiger partial charge in [0.1, 0.15) is 0 Å². The van der Waals surface area contributed by atoms with E-state index in [4.69, 9.17) is 0 Å². The highest BCUT2D eigenvalue weighted by Gasteiger charge is 2.25. The van der Waals surface area contributed by atoms with Gasteiger partial charge in [0.2, 0.25) is 0 Å². The predicted octanol–water partition coefficient (Wildman–Crippen LogP) is 5.15. The molecule has 2 aromatic heterocycles. The Labute approximate surface area is 168 Å². The number of aromatic nitrogens is 2. The first kappa shape index (κ1) is 16.6. The lowest BCUT2D eigenvalue weighted by molar-refractivity contribution is 0.359. The van der Waals surface area contributed by atoms with Crippen molar-refractivity contribution in [2.75, 3.05) is 13.1 Å². The zero-order valence-corrected chi connectivity index (χ0v) is 17.1. The highest BCUT2D eigenvalue weighted by atomic mass is 79.9. The van der Waals surface area contributed by atoms with Crippen molar-refractivity contribution in [2.45, 2.75) is 12.1 Å². The van der Waals surface area contributed by atoms with E-state index in [1.165, 1.54) is 32.9 Å². The second-order valence-electron chi connectivity index (χ2n) is 6.79. The molecule has 4 aromatic rings. The largest absolute Gasteiger partial charge is 0.361 e. The summed E-state index contributed by atoms with van der Waals surface area (Å²) in [6.45, 7) is 1.80. The number of rotatable bonds is 2. The zero-order chi connectivity index (χ0) is 17.7. The lowest BCUT2D eigenvalue weighted by Crippen LogP contribution is -2.44. The van der Waals surface area contributed by atoms with Gasteiger partial charge in [-0.1, -0.05) is 44.0 Å². The molecule has 0 saturated carbocycles. The molecule has 1 unspecified atom stereocenters. The second kappa shape index (κ2) is 6.53. The molecule has 132 valence electrons. The third-order valence-electron chi connectivity index (χ3n) is 5.24. The summed E-state index contributed by atoms with van der Waals surface area (Å²) in [5, 5.41) is 10.0. The van der Waals surface area contributed by atoms with Crippen LogP contribution in [0, 0.1) is 0 Å². The molecule has 2 atom stereocenters. The Hall–Kier alpha value is -1.60. The Morgan fingerprint density at radius 2 is 1.15 bits per heavy atom. The van der Waals surface area contributed by atoms with Crippen molar-refractivity contribution in [3.8, 4) is 0 Å². The van der Waals surface area contributed by atoms with Crippen LogP contribution in [0.1, 0.15) is 23.2 Å². The smallest absolute Gasteiger partial charge is 0.0468 e. The Morgan fingerprint density at radius 1 is 0.692 bits per heavy atom. The monoisotopic (exact) mass is 472 g/mol. The van der Waals surface area contributed by atoms with Gasteiger partial charge in [-0.25, -0.2) is 0 Å². The van der Waals surface area contributed by atoms with Crippen LogP contribution < -0.4 is 10.6 Å². The molecule has 1 aliphatic rings. The fourth-order valence-electron chi connectivity index (χ4n) is 3.92. The molecule has 6 heteroatoms. The molecule has 1 saturated heterocycles. The van der Waals surface area contributed by atoms with Crippen molar-refractivity contribution < 1.29 is 0 Å². The van der Waals surface area contributed by atoms with E-state index in [9.17, 15) is 0 Å². The van der Waals surface area contributed by atoms with E-state index in [0.717, 1.165) is 22.0 Å². The molecule has 0 radical (unpaired) electrons. The summed E-state index contributed by atoms with van der Waals surface area (Å²) >= 11 is 7.08. The molecule has 0 bridgehead atoms. The van der Waals surface area contributed by atoms with Gasteiger partial charge in [0, 0.05) is 68.3 Å². The van der Waals surface area contributed by atoms with Crippen molar-refractivity contribution in [3.63, 3.8) is 0 Å². The van der Waals surface area contributed by atoms with Gasteiger partial charge in [-0.2, -0.15) is 0 Å². The van der Waals surface area contributed by atoms with E-state index in [2.05, 4.69) is 101 Å². The first-order valence-electron chi connectivity index (χ1n) is 8.69. The van der Waals surface area contributed by atoms with Crippen molar-refractivity contribution in [2.24, 2.45) is 0 Å². The fourth-order valence-corrected chi connectivity index (χ4v) is 4.64. The second-order valence-corrected chi connectivity index (χ2v) is 8.62. The maximum atomic E-state index is 3.73. The summed E-state index contributed by atoms with van der Waals surface area (Å²) in [6.07, 6.45) is 4.25.